The molecule has 0 atom stereocenters. The molecule has 0 aromatic carbocycles. The molecule has 0 fully saturated rings. The van der Waals surface area contributed by atoms with Gasteiger partial charge in [-0.25, -0.2) is 8.78 Å². The SMILES string of the molecule is COc1cc(C=O)c(=O)[nH]c1C(F)F. The smallest absolute Gasteiger partial charge is 0.281 e. The maximum Gasteiger partial charge on any atom is 0.281 e. The number of hydrogen-bond donors (Lipinski definition) is 1. The number of aromatic nitrogens is 1. The minimum atomic E-state index is -2.85. The molecule has 0 spiro atoms. The van der Waals surface area contributed by atoms with Crippen molar-refractivity contribution in [2.45, 2.75) is 6.43 Å². The zero-order chi connectivity index (χ0) is 10.7. The zero-order valence-corrected chi connectivity index (χ0v) is 7.21. The number of aromatic amines is 1. The van der Waals surface area contributed by atoms with Crippen molar-refractivity contribution in [3.8, 4) is 5.75 Å². The summed E-state index contributed by atoms with van der Waals surface area (Å²) < 4.78 is 29.2. The Morgan fingerprint density at radius 2 is 2.21 bits per heavy atom. The van der Waals surface area contributed by atoms with Crippen LogP contribution in [0, 0.1) is 0 Å². The van der Waals surface area contributed by atoms with Crippen LogP contribution in [0.25, 0.3) is 0 Å². The van der Waals surface area contributed by atoms with Crippen molar-refractivity contribution in [3.05, 3.63) is 27.7 Å². The molecule has 0 amide bonds. The molecule has 4 nitrogen and oxygen atoms in total. The van der Waals surface area contributed by atoms with Crippen molar-refractivity contribution in [2.24, 2.45) is 0 Å². The van der Waals surface area contributed by atoms with Gasteiger partial charge in [-0.15, -0.1) is 0 Å². The number of aldehydes is 1. The molecule has 6 heteroatoms. The van der Waals surface area contributed by atoms with Gasteiger partial charge in [0.25, 0.3) is 12.0 Å². The molecule has 0 aliphatic carbocycles. The van der Waals surface area contributed by atoms with Crippen molar-refractivity contribution in [3.63, 3.8) is 0 Å². The monoisotopic (exact) mass is 203 g/mol. The lowest BCUT2D eigenvalue weighted by atomic mass is 10.2. The summed E-state index contributed by atoms with van der Waals surface area (Å²) in [5.74, 6) is -0.207. The summed E-state index contributed by atoms with van der Waals surface area (Å²) in [4.78, 5) is 23.2. The molecule has 1 heterocycles. The number of rotatable bonds is 3. The fourth-order valence-corrected chi connectivity index (χ4v) is 0.959. The highest BCUT2D eigenvalue weighted by Gasteiger charge is 2.16. The van der Waals surface area contributed by atoms with E-state index < -0.39 is 17.7 Å². The van der Waals surface area contributed by atoms with E-state index in [0.29, 0.717) is 0 Å². The summed E-state index contributed by atoms with van der Waals surface area (Å²) in [6, 6.07) is 0.979. The van der Waals surface area contributed by atoms with Crippen LogP contribution in [0.15, 0.2) is 10.9 Å². The first-order valence-corrected chi connectivity index (χ1v) is 3.64. The van der Waals surface area contributed by atoms with E-state index in [2.05, 4.69) is 4.74 Å². The molecule has 0 bridgehead atoms. The third-order valence-corrected chi connectivity index (χ3v) is 1.63. The molecule has 0 aliphatic rings. The third kappa shape index (κ3) is 1.78. The number of nitrogens with one attached hydrogen (secondary N) is 1. The Balaban J connectivity index is 3.39. The second kappa shape index (κ2) is 3.99. The van der Waals surface area contributed by atoms with Crippen LogP contribution in [0.1, 0.15) is 22.5 Å². The molecule has 1 N–H and O–H groups in total. The van der Waals surface area contributed by atoms with E-state index in [4.69, 9.17) is 0 Å². The van der Waals surface area contributed by atoms with Gasteiger partial charge in [-0.3, -0.25) is 9.59 Å². The van der Waals surface area contributed by atoms with Crippen molar-refractivity contribution in [2.75, 3.05) is 7.11 Å². The minimum Gasteiger partial charge on any atom is -0.495 e. The highest BCUT2D eigenvalue weighted by Crippen LogP contribution is 2.25. The van der Waals surface area contributed by atoms with Crippen LogP contribution >= 0.6 is 0 Å². The molecule has 0 saturated carbocycles. The third-order valence-electron chi connectivity index (χ3n) is 1.63. The Labute approximate surface area is 77.5 Å². The molecule has 0 saturated heterocycles. The topological polar surface area (TPSA) is 59.2 Å². The van der Waals surface area contributed by atoms with Gasteiger partial charge in [-0.2, -0.15) is 0 Å². The van der Waals surface area contributed by atoms with E-state index in [0.717, 1.165) is 6.07 Å². The fourth-order valence-electron chi connectivity index (χ4n) is 0.959. The van der Waals surface area contributed by atoms with Crippen molar-refractivity contribution in [1.82, 2.24) is 4.98 Å². The number of halogens is 2. The van der Waals surface area contributed by atoms with Crippen LogP contribution < -0.4 is 10.3 Å². The van der Waals surface area contributed by atoms with Crippen LogP contribution in [-0.2, 0) is 0 Å². The quantitative estimate of drug-likeness (QED) is 0.749. The number of pyridine rings is 1. The maximum atomic E-state index is 12.3. The van der Waals surface area contributed by atoms with Gasteiger partial charge in [0.2, 0.25) is 0 Å². The molecular weight excluding hydrogens is 196 g/mol. The summed E-state index contributed by atoms with van der Waals surface area (Å²) in [7, 11) is 1.17. The van der Waals surface area contributed by atoms with E-state index in [1.165, 1.54) is 7.11 Å². The van der Waals surface area contributed by atoms with Gasteiger partial charge in [0, 0.05) is 0 Å². The van der Waals surface area contributed by atoms with Crippen LogP contribution in [0.4, 0.5) is 8.78 Å². The Morgan fingerprint density at radius 1 is 1.57 bits per heavy atom. The molecule has 1 aromatic rings. The lowest BCUT2D eigenvalue weighted by molar-refractivity contribution is 0.111. The molecule has 1 aromatic heterocycles. The lowest BCUT2D eigenvalue weighted by Crippen LogP contribution is -2.15. The molecule has 76 valence electrons. The standard InChI is InChI=1S/C8H7F2NO3/c1-14-5-2-4(3-12)8(13)11-6(5)7(9)10/h2-3,7H,1H3,(H,11,13). The molecule has 1 rings (SSSR count). The minimum absolute atomic E-state index is 0.207. The van der Waals surface area contributed by atoms with Crippen LogP contribution in [0.5, 0.6) is 5.75 Å². The van der Waals surface area contributed by atoms with Gasteiger partial charge in [-0.05, 0) is 6.07 Å². The molecular formula is C8H7F2NO3. The Bertz CT molecular complexity index is 400. The van der Waals surface area contributed by atoms with Crippen molar-refractivity contribution in [1.29, 1.82) is 0 Å². The van der Waals surface area contributed by atoms with Crippen LogP contribution in [-0.4, -0.2) is 18.4 Å². The largest absolute Gasteiger partial charge is 0.495 e. The number of carbonyl (C=O) groups excluding carboxylic acids is 1. The predicted molar refractivity (Wildman–Crippen MR) is 44.0 cm³/mol. The van der Waals surface area contributed by atoms with Crippen LogP contribution in [0.3, 0.4) is 0 Å². The lowest BCUT2D eigenvalue weighted by Gasteiger charge is -2.06. The van der Waals surface area contributed by atoms with Crippen molar-refractivity contribution >= 4 is 6.29 Å². The zero-order valence-electron chi connectivity index (χ0n) is 7.21. The van der Waals surface area contributed by atoms with E-state index in [1.807, 2.05) is 4.98 Å². The van der Waals surface area contributed by atoms with E-state index in [1.54, 1.807) is 0 Å². The second-order valence-electron chi connectivity index (χ2n) is 2.45. The number of ether oxygens (including phenoxy) is 1. The average molecular weight is 203 g/mol. The van der Waals surface area contributed by atoms with Gasteiger partial charge in [0.05, 0.1) is 12.7 Å². The number of methoxy groups -OCH3 is 1. The first kappa shape index (κ1) is 10.4. The number of carbonyl (C=O) groups is 1. The molecule has 0 aliphatic heterocycles. The van der Waals surface area contributed by atoms with Gasteiger partial charge in [0.1, 0.15) is 11.4 Å². The summed E-state index contributed by atoms with van der Waals surface area (Å²) in [5, 5.41) is 0. The molecule has 0 unspecified atom stereocenters. The number of H-pyrrole nitrogens is 1. The number of alkyl halides is 2. The summed E-state index contributed by atoms with van der Waals surface area (Å²) >= 11 is 0. The summed E-state index contributed by atoms with van der Waals surface area (Å²) in [5.41, 5.74) is -1.72. The van der Waals surface area contributed by atoms with E-state index >= 15 is 0 Å². The summed E-state index contributed by atoms with van der Waals surface area (Å²) in [6.07, 6.45) is -2.57. The molecule has 14 heavy (non-hydrogen) atoms. The molecule has 0 radical (unpaired) electrons. The van der Waals surface area contributed by atoms with E-state index in [9.17, 15) is 18.4 Å². The Hall–Kier alpha value is -1.72. The van der Waals surface area contributed by atoms with Gasteiger partial charge >= 0.3 is 0 Å². The first-order chi connectivity index (χ1) is 6.60. The Morgan fingerprint density at radius 3 is 2.64 bits per heavy atom. The Kier molecular flexibility index (Phi) is 2.95. The summed E-state index contributed by atoms with van der Waals surface area (Å²) in [6.45, 7) is 0. The predicted octanol–water partition coefficient (Wildman–Crippen LogP) is 1.13. The van der Waals surface area contributed by atoms with Crippen molar-refractivity contribution < 1.29 is 18.3 Å². The van der Waals surface area contributed by atoms with E-state index in [-0.39, 0.29) is 17.6 Å². The maximum absolute atomic E-state index is 12.3. The normalized spacial score (nSPS) is 10.3. The van der Waals surface area contributed by atoms with Gasteiger partial charge in [-0.1, -0.05) is 0 Å². The number of hydrogen-bond acceptors (Lipinski definition) is 3. The first-order valence-electron chi connectivity index (χ1n) is 3.64. The highest BCUT2D eigenvalue weighted by atomic mass is 19.3. The van der Waals surface area contributed by atoms with Gasteiger partial charge < -0.3 is 9.72 Å². The average Bonchev–Trinajstić information content (AvgIpc) is 2.17. The highest BCUT2D eigenvalue weighted by molar-refractivity contribution is 5.74. The van der Waals surface area contributed by atoms with Crippen LogP contribution in [0.2, 0.25) is 0 Å². The fraction of sp³-hybridized carbons (Fsp3) is 0.250. The van der Waals surface area contributed by atoms with Gasteiger partial charge in [0.15, 0.2) is 6.29 Å². The second-order valence-corrected chi connectivity index (χ2v) is 2.45.